The summed E-state index contributed by atoms with van der Waals surface area (Å²) in [6, 6.07) is 10.3. The fourth-order valence-corrected chi connectivity index (χ4v) is 3.48. The predicted octanol–water partition coefficient (Wildman–Crippen LogP) is 2.54. The highest BCUT2D eigenvalue weighted by molar-refractivity contribution is 5.95. The van der Waals surface area contributed by atoms with Crippen LogP contribution in [0.15, 0.2) is 48.8 Å². The minimum atomic E-state index is -0.616. The van der Waals surface area contributed by atoms with Crippen molar-refractivity contribution in [3.05, 3.63) is 66.0 Å². The second-order valence-electron chi connectivity index (χ2n) is 6.70. The van der Waals surface area contributed by atoms with Crippen LogP contribution in [0.1, 0.15) is 18.4 Å². The molecule has 1 saturated heterocycles. The van der Waals surface area contributed by atoms with E-state index in [2.05, 4.69) is 20.8 Å². The zero-order chi connectivity index (χ0) is 19.5. The summed E-state index contributed by atoms with van der Waals surface area (Å²) < 4.78 is 28.4. The lowest BCUT2D eigenvalue weighted by molar-refractivity contribution is -0.120. The molecule has 0 radical (unpaired) electrons. The normalized spacial score (nSPS) is 17.0. The number of hydrogen-bond acceptors (Lipinski definition) is 5. The zero-order valence-electron chi connectivity index (χ0n) is 14.9. The molecule has 1 fully saturated rings. The minimum absolute atomic E-state index is 0.150. The lowest BCUT2D eigenvalue weighted by Gasteiger charge is -2.24. The Morgan fingerprint density at radius 2 is 2.00 bits per heavy atom. The highest BCUT2D eigenvalue weighted by atomic mass is 19.1. The second kappa shape index (κ2) is 7.81. The van der Waals surface area contributed by atoms with Crippen molar-refractivity contribution in [3.8, 4) is 5.69 Å². The maximum atomic E-state index is 13.4. The molecule has 1 aliphatic heterocycles. The molecule has 1 aliphatic rings. The number of tetrazole rings is 1. The van der Waals surface area contributed by atoms with E-state index < -0.39 is 11.6 Å². The van der Waals surface area contributed by atoms with E-state index in [4.69, 9.17) is 0 Å². The SMILES string of the molecule is O=C(Nc1cccc(-n2cnnn2)c1)C1CCCN1Cc1cc(F)cc(F)c1. The van der Waals surface area contributed by atoms with E-state index in [1.165, 1.54) is 23.1 Å². The molecule has 2 heterocycles. The first-order chi connectivity index (χ1) is 13.6. The summed E-state index contributed by atoms with van der Waals surface area (Å²) in [5.74, 6) is -1.38. The molecule has 0 spiro atoms. The van der Waals surface area contributed by atoms with Crippen LogP contribution in [0, 0.1) is 11.6 Å². The van der Waals surface area contributed by atoms with Crippen LogP contribution in [-0.4, -0.2) is 43.6 Å². The summed E-state index contributed by atoms with van der Waals surface area (Å²) in [5.41, 5.74) is 1.86. The Morgan fingerprint density at radius 1 is 1.18 bits per heavy atom. The summed E-state index contributed by atoms with van der Waals surface area (Å²) in [6.45, 7) is 1.01. The Bertz CT molecular complexity index is 958. The van der Waals surface area contributed by atoms with E-state index in [0.29, 0.717) is 30.8 Å². The standard InChI is InChI=1S/C19H18F2N6O/c20-14-7-13(8-15(21)9-14)11-26-6-2-5-18(26)19(28)23-16-3-1-4-17(10-16)27-12-22-24-25-27/h1,3-4,7-10,12,18H,2,5-6,11H2,(H,23,28). The van der Waals surface area contributed by atoms with Gasteiger partial charge in [0.1, 0.15) is 18.0 Å². The van der Waals surface area contributed by atoms with Gasteiger partial charge >= 0.3 is 0 Å². The number of benzene rings is 2. The molecule has 0 saturated carbocycles. The summed E-state index contributed by atoms with van der Waals surface area (Å²) in [7, 11) is 0. The number of halogens is 2. The van der Waals surface area contributed by atoms with Crippen LogP contribution < -0.4 is 5.32 Å². The van der Waals surface area contributed by atoms with Crippen molar-refractivity contribution in [2.24, 2.45) is 0 Å². The third-order valence-electron chi connectivity index (χ3n) is 4.70. The quantitative estimate of drug-likeness (QED) is 0.732. The van der Waals surface area contributed by atoms with Crippen molar-refractivity contribution in [1.82, 2.24) is 25.1 Å². The molecule has 28 heavy (non-hydrogen) atoms. The number of amides is 1. The van der Waals surface area contributed by atoms with Gasteiger partial charge in [-0.2, -0.15) is 0 Å². The number of hydrogen-bond donors (Lipinski definition) is 1. The number of carbonyl (C=O) groups excluding carboxylic acids is 1. The molecule has 9 heteroatoms. The maximum Gasteiger partial charge on any atom is 0.241 e. The van der Waals surface area contributed by atoms with Crippen LogP contribution >= 0.6 is 0 Å². The van der Waals surface area contributed by atoms with Crippen LogP contribution in [0.2, 0.25) is 0 Å². The van der Waals surface area contributed by atoms with Gasteiger partial charge in [-0.15, -0.1) is 5.10 Å². The van der Waals surface area contributed by atoms with Crippen molar-refractivity contribution >= 4 is 11.6 Å². The first-order valence-electron chi connectivity index (χ1n) is 8.92. The maximum absolute atomic E-state index is 13.4. The van der Waals surface area contributed by atoms with E-state index in [1.54, 1.807) is 18.2 Å². The number of carbonyl (C=O) groups is 1. The minimum Gasteiger partial charge on any atom is -0.325 e. The molecule has 7 nitrogen and oxygen atoms in total. The Morgan fingerprint density at radius 3 is 2.75 bits per heavy atom. The smallest absolute Gasteiger partial charge is 0.241 e. The average Bonchev–Trinajstić information content (AvgIpc) is 3.33. The first kappa shape index (κ1) is 18.2. The molecule has 0 aliphatic carbocycles. The van der Waals surface area contributed by atoms with Crippen molar-refractivity contribution in [2.75, 3.05) is 11.9 Å². The summed E-state index contributed by atoms with van der Waals surface area (Å²) in [6.07, 6.45) is 3.01. The summed E-state index contributed by atoms with van der Waals surface area (Å²) in [5, 5.41) is 13.9. The molecule has 0 bridgehead atoms. The van der Waals surface area contributed by atoms with Gasteiger partial charge < -0.3 is 5.32 Å². The number of likely N-dealkylation sites (tertiary alicyclic amines) is 1. The van der Waals surface area contributed by atoms with Gasteiger partial charge in [-0.3, -0.25) is 9.69 Å². The second-order valence-corrected chi connectivity index (χ2v) is 6.70. The lowest BCUT2D eigenvalue weighted by Crippen LogP contribution is -2.39. The van der Waals surface area contributed by atoms with Gasteiger partial charge in [-0.1, -0.05) is 6.07 Å². The Labute approximate surface area is 160 Å². The molecule has 144 valence electrons. The number of aromatic nitrogens is 4. The largest absolute Gasteiger partial charge is 0.325 e. The molecule has 1 amide bonds. The fraction of sp³-hybridized carbons (Fsp3) is 0.263. The van der Waals surface area contributed by atoms with Crippen molar-refractivity contribution in [1.29, 1.82) is 0 Å². The van der Waals surface area contributed by atoms with Gasteiger partial charge in [0, 0.05) is 18.3 Å². The van der Waals surface area contributed by atoms with Gasteiger partial charge in [0.2, 0.25) is 5.91 Å². The van der Waals surface area contributed by atoms with Crippen molar-refractivity contribution in [3.63, 3.8) is 0 Å². The molecule has 1 atom stereocenters. The molecular formula is C19H18F2N6O. The van der Waals surface area contributed by atoms with E-state index in [-0.39, 0.29) is 11.9 Å². The van der Waals surface area contributed by atoms with Gasteiger partial charge in [-0.25, -0.2) is 13.5 Å². The number of rotatable bonds is 5. The Hall–Kier alpha value is -3.20. The van der Waals surface area contributed by atoms with Crippen molar-refractivity contribution < 1.29 is 13.6 Å². The topological polar surface area (TPSA) is 75.9 Å². The van der Waals surface area contributed by atoms with E-state index in [1.807, 2.05) is 11.0 Å². The molecule has 2 aromatic carbocycles. The van der Waals surface area contributed by atoms with Gasteiger partial charge in [0.25, 0.3) is 0 Å². The Balaban J connectivity index is 1.46. The average molecular weight is 384 g/mol. The van der Waals surface area contributed by atoms with E-state index >= 15 is 0 Å². The van der Waals surface area contributed by atoms with Crippen LogP contribution in [0.4, 0.5) is 14.5 Å². The summed E-state index contributed by atoms with van der Waals surface area (Å²) in [4.78, 5) is 14.7. The molecule has 1 aromatic heterocycles. The van der Waals surface area contributed by atoms with E-state index in [0.717, 1.165) is 18.2 Å². The fourth-order valence-electron chi connectivity index (χ4n) is 3.48. The molecule has 4 rings (SSSR count). The first-order valence-corrected chi connectivity index (χ1v) is 8.92. The highest BCUT2D eigenvalue weighted by Crippen LogP contribution is 2.23. The van der Waals surface area contributed by atoms with Gasteiger partial charge in [0.05, 0.1) is 11.7 Å². The number of nitrogens with one attached hydrogen (secondary N) is 1. The van der Waals surface area contributed by atoms with Crippen LogP contribution in [0.3, 0.4) is 0 Å². The molecule has 3 aromatic rings. The number of nitrogens with zero attached hydrogens (tertiary/aromatic N) is 5. The predicted molar refractivity (Wildman–Crippen MR) is 97.6 cm³/mol. The van der Waals surface area contributed by atoms with Gasteiger partial charge in [0.15, 0.2) is 0 Å². The molecular weight excluding hydrogens is 366 g/mol. The van der Waals surface area contributed by atoms with Crippen LogP contribution in [0.25, 0.3) is 5.69 Å². The Kier molecular flexibility index (Phi) is 5.07. The van der Waals surface area contributed by atoms with E-state index in [9.17, 15) is 13.6 Å². The summed E-state index contributed by atoms with van der Waals surface area (Å²) >= 11 is 0. The number of anilines is 1. The van der Waals surface area contributed by atoms with Crippen molar-refractivity contribution in [2.45, 2.75) is 25.4 Å². The molecule has 1 unspecified atom stereocenters. The molecule has 1 N–H and O–H groups in total. The zero-order valence-corrected chi connectivity index (χ0v) is 14.9. The highest BCUT2D eigenvalue weighted by Gasteiger charge is 2.30. The van der Waals surface area contributed by atoms with Crippen LogP contribution in [0.5, 0.6) is 0 Å². The lowest BCUT2D eigenvalue weighted by atomic mass is 10.1. The van der Waals surface area contributed by atoms with Gasteiger partial charge in [-0.05, 0) is 65.7 Å². The monoisotopic (exact) mass is 384 g/mol. The third-order valence-corrected chi connectivity index (χ3v) is 4.70. The van der Waals surface area contributed by atoms with Crippen LogP contribution in [-0.2, 0) is 11.3 Å². The third kappa shape index (κ3) is 4.04.